The highest BCUT2D eigenvalue weighted by Crippen LogP contribution is 2.22. The first kappa shape index (κ1) is 15.2. The van der Waals surface area contributed by atoms with Gasteiger partial charge < -0.3 is 14.6 Å². The van der Waals surface area contributed by atoms with Gasteiger partial charge in [0.25, 0.3) is 0 Å². The monoisotopic (exact) mass is 264 g/mol. The van der Waals surface area contributed by atoms with E-state index in [1.807, 2.05) is 12.1 Å². The lowest BCUT2D eigenvalue weighted by Gasteiger charge is -2.24. The number of aliphatic carboxylic acids is 1. The van der Waals surface area contributed by atoms with Crippen LogP contribution in [0.1, 0.15) is 39.2 Å². The van der Waals surface area contributed by atoms with Crippen molar-refractivity contribution in [2.24, 2.45) is 0 Å². The molecule has 0 saturated carbocycles. The summed E-state index contributed by atoms with van der Waals surface area (Å²) in [7, 11) is 0. The minimum absolute atomic E-state index is 0.157. The topological polar surface area (TPSA) is 63.6 Å². The molecule has 1 N–H and O–H groups in total. The summed E-state index contributed by atoms with van der Waals surface area (Å²) in [5.41, 5.74) is -0.169. The molecule has 0 aliphatic heterocycles. The van der Waals surface area contributed by atoms with E-state index in [2.05, 4.69) is 0 Å². The number of ether oxygens (including phenoxy) is 1. The number of carboxylic acid groups (broad SMARTS) is 1. The van der Waals surface area contributed by atoms with E-state index >= 15 is 0 Å². The quantitative estimate of drug-likeness (QED) is 0.822. The summed E-state index contributed by atoms with van der Waals surface area (Å²) < 4.78 is 5.53. The number of hydrogen-bond acceptors (Lipinski definition) is 3. The molecule has 0 aliphatic rings. The lowest BCUT2D eigenvalue weighted by molar-refractivity contribution is -0.154. The maximum atomic E-state index is 11.1. The Bertz CT molecular complexity index is 450. The standard InChI is InChI=1S/C15H20O4/c1-4-15(3,14(17)18)19-13-9-7-12(8-10-13)6-5-11(2)16/h7-10H,4-6H2,1-3H3,(H,17,18). The number of ketones is 1. The molecule has 0 amide bonds. The summed E-state index contributed by atoms with van der Waals surface area (Å²) in [5.74, 6) is -0.293. The summed E-state index contributed by atoms with van der Waals surface area (Å²) in [6.45, 7) is 4.89. The van der Waals surface area contributed by atoms with Gasteiger partial charge in [0.15, 0.2) is 0 Å². The number of rotatable bonds is 7. The molecule has 1 aromatic carbocycles. The number of Topliss-reactive ketones (excluding diaryl/α,β-unsaturated/α-hetero) is 1. The van der Waals surface area contributed by atoms with Crippen LogP contribution in [-0.4, -0.2) is 22.5 Å². The lowest BCUT2D eigenvalue weighted by Crippen LogP contribution is -2.40. The zero-order valence-electron chi connectivity index (χ0n) is 11.6. The highest BCUT2D eigenvalue weighted by atomic mass is 16.5. The van der Waals surface area contributed by atoms with Gasteiger partial charge in [0.05, 0.1) is 0 Å². The average Bonchev–Trinajstić information content (AvgIpc) is 2.37. The number of aryl methyl sites for hydroxylation is 1. The van der Waals surface area contributed by atoms with Crippen molar-refractivity contribution >= 4 is 11.8 Å². The Morgan fingerprint density at radius 3 is 2.26 bits per heavy atom. The van der Waals surface area contributed by atoms with Crippen molar-refractivity contribution in [1.82, 2.24) is 0 Å². The Balaban J connectivity index is 2.71. The van der Waals surface area contributed by atoms with Gasteiger partial charge in [-0.3, -0.25) is 0 Å². The van der Waals surface area contributed by atoms with Crippen LogP contribution in [0.25, 0.3) is 0 Å². The lowest BCUT2D eigenvalue weighted by atomic mass is 10.0. The van der Waals surface area contributed by atoms with Crippen LogP contribution in [0.2, 0.25) is 0 Å². The van der Waals surface area contributed by atoms with Crippen LogP contribution >= 0.6 is 0 Å². The molecule has 0 saturated heterocycles. The van der Waals surface area contributed by atoms with E-state index in [1.165, 1.54) is 0 Å². The molecule has 0 aromatic heterocycles. The second-order valence-electron chi connectivity index (χ2n) is 4.84. The van der Waals surface area contributed by atoms with E-state index in [0.29, 0.717) is 25.0 Å². The number of carboxylic acids is 1. The van der Waals surface area contributed by atoms with Gasteiger partial charge in [0.2, 0.25) is 5.60 Å². The number of carbonyl (C=O) groups excluding carboxylic acids is 1. The first-order valence-corrected chi connectivity index (χ1v) is 6.38. The molecule has 104 valence electrons. The zero-order chi connectivity index (χ0) is 14.5. The van der Waals surface area contributed by atoms with Gasteiger partial charge in [0, 0.05) is 6.42 Å². The minimum Gasteiger partial charge on any atom is -0.478 e. The van der Waals surface area contributed by atoms with Crippen LogP contribution in [0.4, 0.5) is 0 Å². The molecular weight excluding hydrogens is 244 g/mol. The summed E-state index contributed by atoms with van der Waals surface area (Å²) in [6.07, 6.45) is 1.59. The Kier molecular flexibility index (Phi) is 5.10. The normalized spacial score (nSPS) is 13.6. The summed E-state index contributed by atoms with van der Waals surface area (Å²) >= 11 is 0. The highest BCUT2D eigenvalue weighted by molar-refractivity contribution is 5.77. The fourth-order valence-electron chi connectivity index (χ4n) is 1.57. The molecule has 1 rings (SSSR count). The molecule has 0 fully saturated rings. The van der Waals surface area contributed by atoms with Gasteiger partial charge in [-0.05, 0) is 44.4 Å². The van der Waals surface area contributed by atoms with Gasteiger partial charge in [-0.1, -0.05) is 19.1 Å². The van der Waals surface area contributed by atoms with Crippen LogP contribution in [0.15, 0.2) is 24.3 Å². The molecule has 1 unspecified atom stereocenters. The van der Waals surface area contributed by atoms with Gasteiger partial charge in [-0.15, -0.1) is 0 Å². The van der Waals surface area contributed by atoms with Crippen molar-refractivity contribution in [3.8, 4) is 5.75 Å². The van der Waals surface area contributed by atoms with Crippen molar-refractivity contribution in [3.05, 3.63) is 29.8 Å². The highest BCUT2D eigenvalue weighted by Gasteiger charge is 2.33. The molecule has 4 heteroatoms. The predicted molar refractivity (Wildman–Crippen MR) is 72.4 cm³/mol. The molecule has 0 heterocycles. The summed E-state index contributed by atoms with van der Waals surface area (Å²) in [6, 6.07) is 7.20. The van der Waals surface area contributed by atoms with E-state index in [1.54, 1.807) is 32.9 Å². The fourth-order valence-corrected chi connectivity index (χ4v) is 1.57. The maximum Gasteiger partial charge on any atom is 0.347 e. The molecule has 0 spiro atoms. The second-order valence-corrected chi connectivity index (χ2v) is 4.84. The van der Waals surface area contributed by atoms with E-state index in [4.69, 9.17) is 9.84 Å². The Morgan fingerprint density at radius 1 is 1.26 bits per heavy atom. The smallest absolute Gasteiger partial charge is 0.347 e. The van der Waals surface area contributed by atoms with Crippen molar-refractivity contribution in [1.29, 1.82) is 0 Å². The number of carbonyl (C=O) groups is 2. The van der Waals surface area contributed by atoms with Crippen LogP contribution < -0.4 is 4.74 Å². The van der Waals surface area contributed by atoms with Gasteiger partial charge in [-0.2, -0.15) is 0 Å². The molecule has 19 heavy (non-hydrogen) atoms. The molecule has 0 bridgehead atoms. The molecule has 4 nitrogen and oxygen atoms in total. The molecule has 1 aromatic rings. The van der Waals surface area contributed by atoms with Gasteiger partial charge in [0.1, 0.15) is 11.5 Å². The molecule has 0 aliphatic carbocycles. The van der Waals surface area contributed by atoms with Crippen LogP contribution in [0.5, 0.6) is 5.75 Å². The maximum absolute atomic E-state index is 11.1. The van der Waals surface area contributed by atoms with E-state index < -0.39 is 11.6 Å². The third-order valence-electron chi connectivity index (χ3n) is 3.16. The zero-order valence-corrected chi connectivity index (χ0v) is 11.6. The third kappa shape index (κ3) is 4.39. The van der Waals surface area contributed by atoms with Crippen molar-refractivity contribution in [3.63, 3.8) is 0 Å². The fraction of sp³-hybridized carbons (Fsp3) is 0.467. The SMILES string of the molecule is CCC(C)(Oc1ccc(CCC(C)=O)cc1)C(=O)O. The molecule has 0 radical (unpaired) electrons. The van der Waals surface area contributed by atoms with Gasteiger partial charge in [-0.25, -0.2) is 4.79 Å². The van der Waals surface area contributed by atoms with Crippen LogP contribution in [0.3, 0.4) is 0 Å². The first-order chi connectivity index (χ1) is 8.87. The van der Waals surface area contributed by atoms with E-state index in [0.717, 1.165) is 5.56 Å². The molecule has 1 atom stereocenters. The van der Waals surface area contributed by atoms with Crippen molar-refractivity contribution in [2.45, 2.75) is 45.6 Å². The third-order valence-corrected chi connectivity index (χ3v) is 3.16. The summed E-state index contributed by atoms with van der Waals surface area (Å²) in [5, 5.41) is 9.13. The van der Waals surface area contributed by atoms with E-state index in [9.17, 15) is 9.59 Å². The Hall–Kier alpha value is -1.84. The number of hydrogen-bond donors (Lipinski definition) is 1. The molecular formula is C15H20O4. The first-order valence-electron chi connectivity index (χ1n) is 6.38. The Morgan fingerprint density at radius 2 is 1.84 bits per heavy atom. The van der Waals surface area contributed by atoms with Gasteiger partial charge >= 0.3 is 5.97 Å². The second kappa shape index (κ2) is 6.36. The van der Waals surface area contributed by atoms with Crippen LogP contribution in [0, 0.1) is 0 Å². The number of benzene rings is 1. The largest absolute Gasteiger partial charge is 0.478 e. The minimum atomic E-state index is -1.21. The predicted octanol–water partition coefficient (Wildman–Crippen LogP) is 2.84. The van der Waals surface area contributed by atoms with Crippen molar-refractivity contribution in [2.75, 3.05) is 0 Å². The average molecular weight is 264 g/mol. The Labute approximate surface area is 113 Å². The summed E-state index contributed by atoms with van der Waals surface area (Å²) in [4.78, 5) is 22.0. The van der Waals surface area contributed by atoms with Crippen molar-refractivity contribution < 1.29 is 19.4 Å². The van der Waals surface area contributed by atoms with Crippen LogP contribution in [-0.2, 0) is 16.0 Å². The van der Waals surface area contributed by atoms with E-state index in [-0.39, 0.29) is 5.78 Å².